The lowest BCUT2D eigenvalue weighted by atomic mass is 10.2. The van der Waals surface area contributed by atoms with E-state index in [2.05, 4.69) is 4.98 Å². The zero-order chi connectivity index (χ0) is 15.5. The number of halogens is 2. The first-order valence-corrected chi connectivity index (χ1v) is 7.44. The van der Waals surface area contributed by atoms with Crippen LogP contribution in [0, 0.1) is 5.82 Å². The van der Waals surface area contributed by atoms with E-state index in [4.69, 9.17) is 11.6 Å². The van der Waals surface area contributed by atoms with E-state index in [-0.39, 0.29) is 16.9 Å². The first kappa shape index (κ1) is 14.8. The summed E-state index contributed by atoms with van der Waals surface area (Å²) in [6.07, 6.45) is 1.55. The van der Waals surface area contributed by atoms with Gasteiger partial charge in [-0.1, -0.05) is 23.7 Å². The number of pyridine rings is 1. The number of carbonyl (C=O) groups excluding carboxylic acids is 1. The molecule has 0 spiro atoms. The highest BCUT2D eigenvalue weighted by molar-refractivity contribution is 6.32. The van der Waals surface area contributed by atoms with Crippen LogP contribution in [0.5, 0.6) is 0 Å². The molecule has 1 amide bonds. The molecular formula is C16H15ClFN3O. The Hall–Kier alpha value is -2.14. The fraction of sp³-hybridized carbons (Fsp3) is 0.250. The largest absolute Gasteiger partial charge is 0.366 e. The molecule has 0 unspecified atom stereocenters. The Bertz CT molecular complexity index is 687. The standard InChI is InChI=1S/C16H15ClFN3O/c17-15-12(4-3-7-19-15)16(22)21-10-8-20(9-11-21)14-6-2-1-5-13(14)18/h1-7H,8-11H2. The molecule has 0 atom stereocenters. The van der Waals surface area contributed by atoms with Crippen molar-refractivity contribution in [2.75, 3.05) is 31.1 Å². The van der Waals surface area contributed by atoms with Crippen LogP contribution in [0.15, 0.2) is 42.6 Å². The summed E-state index contributed by atoms with van der Waals surface area (Å²) in [5.74, 6) is -0.371. The van der Waals surface area contributed by atoms with Gasteiger partial charge in [0.05, 0.1) is 11.3 Å². The van der Waals surface area contributed by atoms with Gasteiger partial charge in [0.1, 0.15) is 11.0 Å². The van der Waals surface area contributed by atoms with Crippen molar-refractivity contribution < 1.29 is 9.18 Å². The molecule has 3 rings (SSSR count). The molecule has 1 aliphatic rings. The van der Waals surface area contributed by atoms with Crippen LogP contribution in [0.1, 0.15) is 10.4 Å². The van der Waals surface area contributed by atoms with E-state index in [1.807, 2.05) is 11.0 Å². The van der Waals surface area contributed by atoms with E-state index in [1.165, 1.54) is 6.07 Å². The number of rotatable bonds is 2. The lowest BCUT2D eigenvalue weighted by Gasteiger charge is -2.36. The fourth-order valence-electron chi connectivity index (χ4n) is 2.57. The van der Waals surface area contributed by atoms with E-state index in [0.717, 1.165) is 0 Å². The van der Waals surface area contributed by atoms with Crippen LogP contribution in [0.2, 0.25) is 5.15 Å². The molecule has 1 aromatic heterocycles. The number of para-hydroxylation sites is 1. The van der Waals surface area contributed by atoms with Crippen LogP contribution in [0.25, 0.3) is 0 Å². The number of anilines is 1. The number of aromatic nitrogens is 1. The van der Waals surface area contributed by atoms with Crippen molar-refractivity contribution in [3.05, 3.63) is 59.1 Å². The summed E-state index contributed by atoms with van der Waals surface area (Å²) in [6.45, 7) is 2.23. The van der Waals surface area contributed by atoms with Gasteiger partial charge < -0.3 is 9.80 Å². The zero-order valence-corrected chi connectivity index (χ0v) is 12.6. The van der Waals surface area contributed by atoms with Crippen molar-refractivity contribution >= 4 is 23.2 Å². The highest BCUT2D eigenvalue weighted by Gasteiger charge is 2.24. The minimum atomic E-state index is -0.238. The molecule has 0 aliphatic carbocycles. The molecular weight excluding hydrogens is 305 g/mol. The van der Waals surface area contributed by atoms with Crippen molar-refractivity contribution in [3.8, 4) is 0 Å². The predicted octanol–water partition coefficient (Wildman–Crippen LogP) is 2.84. The van der Waals surface area contributed by atoms with Gasteiger partial charge in [0.2, 0.25) is 0 Å². The first-order valence-electron chi connectivity index (χ1n) is 7.06. The van der Waals surface area contributed by atoms with Gasteiger partial charge in [0, 0.05) is 32.4 Å². The summed E-state index contributed by atoms with van der Waals surface area (Å²) >= 11 is 5.97. The van der Waals surface area contributed by atoms with Crippen LogP contribution in [0.3, 0.4) is 0 Å². The maximum absolute atomic E-state index is 13.8. The molecule has 2 heterocycles. The van der Waals surface area contributed by atoms with E-state index < -0.39 is 0 Å². The van der Waals surface area contributed by atoms with Gasteiger partial charge in [-0.3, -0.25) is 4.79 Å². The normalized spacial score (nSPS) is 15.0. The molecule has 4 nitrogen and oxygen atoms in total. The van der Waals surface area contributed by atoms with Crippen LogP contribution in [-0.4, -0.2) is 42.0 Å². The van der Waals surface area contributed by atoms with Crippen molar-refractivity contribution in [1.29, 1.82) is 0 Å². The van der Waals surface area contributed by atoms with E-state index in [1.54, 1.807) is 35.4 Å². The third-order valence-corrected chi connectivity index (χ3v) is 4.05. The van der Waals surface area contributed by atoms with Gasteiger partial charge in [0.25, 0.3) is 5.91 Å². The molecule has 0 saturated carbocycles. The molecule has 0 bridgehead atoms. The Morgan fingerprint density at radius 2 is 1.82 bits per heavy atom. The van der Waals surface area contributed by atoms with Crippen molar-refractivity contribution in [2.24, 2.45) is 0 Å². The summed E-state index contributed by atoms with van der Waals surface area (Å²) in [4.78, 5) is 20.0. The smallest absolute Gasteiger partial charge is 0.257 e. The van der Waals surface area contributed by atoms with Gasteiger partial charge in [0.15, 0.2) is 0 Å². The van der Waals surface area contributed by atoms with Gasteiger partial charge in [-0.05, 0) is 24.3 Å². The third-order valence-electron chi connectivity index (χ3n) is 3.75. The zero-order valence-electron chi connectivity index (χ0n) is 11.9. The third kappa shape index (κ3) is 2.90. The average molecular weight is 320 g/mol. The highest BCUT2D eigenvalue weighted by Crippen LogP contribution is 2.21. The van der Waals surface area contributed by atoms with Crippen molar-refractivity contribution in [2.45, 2.75) is 0 Å². The Morgan fingerprint density at radius 3 is 2.50 bits per heavy atom. The maximum Gasteiger partial charge on any atom is 0.257 e. The van der Waals surface area contributed by atoms with E-state index in [0.29, 0.717) is 37.4 Å². The molecule has 1 aliphatic heterocycles. The second kappa shape index (κ2) is 6.32. The quantitative estimate of drug-likeness (QED) is 0.799. The predicted molar refractivity (Wildman–Crippen MR) is 83.8 cm³/mol. The molecule has 1 aromatic carbocycles. The summed E-state index contributed by atoms with van der Waals surface area (Å²) in [6, 6.07) is 10.0. The fourth-order valence-corrected chi connectivity index (χ4v) is 2.77. The molecule has 114 valence electrons. The Morgan fingerprint density at radius 1 is 1.09 bits per heavy atom. The number of nitrogens with zero attached hydrogens (tertiary/aromatic N) is 3. The molecule has 6 heteroatoms. The van der Waals surface area contributed by atoms with Gasteiger partial charge in [-0.15, -0.1) is 0 Å². The molecule has 0 N–H and O–H groups in total. The Labute approximate surface area is 133 Å². The molecule has 1 fully saturated rings. The maximum atomic E-state index is 13.8. The van der Waals surface area contributed by atoms with Crippen LogP contribution in [0.4, 0.5) is 10.1 Å². The number of carbonyl (C=O) groups is 1. The second-order valence-electron chi connectivity index (χ2n) is 5.07. The topological polar surface area (TPSA) is 36.4 Å². The number of amides is 1. The number of hydrogen-bond acceptors (Lipinski definition) is 3. The monoisotopic (exact) mass is 319 g/mol. The molecule has 2 aromatic rings. The van der Waals surface area contributed by atoms with Gasteiger partial charge in [-0.2, -0.15) is 0 Å². The summed E-state index contributed by atoms with van der Waals surface area (Å²) < 4.78 is 13.8. The Kier molecular flexibility index (Phi) is 4.24. The second-order valence-corrected chi connectivity index (χ2v) is 5.43. The van der Waals surface area contributed by atoms with Crippen molar-refractivity contribution in [3.63, 3.8) is 0 Å². The number of piperazine rings is 1. The number of hydrogen-bond donors (Lipinski definition) is 0. The van der Waals surface area contributed by atoms with Crippen LogP contribution in [-0.2, 0) is 0 Å². The van der Waals surface area contributed by atoms with Gasteiger partial charge >= 0.3 is 0 Å². The van der Waals surface area contributed by atoms with Crippen LogP contribution >= 0.6 is 11.6 Å². The molecule has 0 radical (unpaired) electrons. The van der Waals surface area contributed by atoms with Crippen molar-refractivity contribution in [1.82, 2.24) is 9.88 Å². The van der Waals surface area contributed by atoms with Gasteiger partial charge in [-0.25, -0.2) is 9.37 Å². The minimum Gasteiger partial charge on any atom is -0.366 e. The highest BCUT2D eigenvalue weighted by atomic mass is 35.5. The molecule has 1 saturated heterocycles. The summed E-state index contributed by atoms with van der Waals surface area (Å²) in [5, 5.41) is 0.212. The summed E-state index contributed by atoms with van der Waals surface area (Å²) in [5.41, 5.74) is 0.984. The van der Waals surface area contributed by atoms with E-state index >= 15 is 0 Å². The minimum absolute atomic E-state index is 0.133. The first-order chi connectivity index (χ1) is 10.7. The van der Waals surface area contributed by atoms with E-state index in [9.17, 15) is 9.18 Å². The SMILES string of the molecule is O=C(c1cccnc1Cl)N1CCN(c2ccccc2F)CC1. The summed E-state index contributed by atoms with van der Waals surface area (Å²) in [7, 11) is 0. The van der Waals surface area contributed by atoms with Crippen LogP contribution < -0.4 is 4.90 Å². The number of benzene rings is 1. The average Bonchev–Trinajstić information content (AvgIpc) is 2.55. The lowest BCUT2D eigenvalue weighted by Crippen LogP contribution is -2.49. The lowest BCUT2D eigenvalue weighted by molar-refractivity contribution is 0.0746. The molecule has 22 heavy (non-hydrogen) atoms. The Balaban J connectivity index is 1.68.